The van der Waals surface area contributed by atoms with E-state index in [1.54, 1.807) is 30.5 Å². The monoisotopic (exact) mass is 302 g/mol. The number of benzene rings is 2. The molecule has 0 aliphatic heterocycles. The lowest BCUT2D eigenvalue weighted by Crippen LogP contribution is -1.96. The lowest BCUT2D eigenvalue weighted by Gasteiger charge is -2.05. The van der Waals surface area contributed by atoms with Gasteiger partial charge in [-0.25, -0.2) is 4.79 Å². The van der Waals surface area contributed by atoms with E-state index in [0.29, 0.717) is 23.0 Å². The van der Waals surface area contributed by atoms with E-state index in [2.05, 4.69) is 0 Å². The van der Waals surface area contributed by atoms with Crippen LogP contribution in [0, 0.1) is 0 Å². The second kappa shape index (κ2) is 5.50. The van der Waals surface area contributed by atoms with Crippen molar-refractivity contribution < 1.29 is 19.1 Å². The van der Waals surface area contributed by atoms with Gasteiger partial charge in [-0.1, -0.05) is 17.7 Å². The van der Waals surface area contributed by atoms with Crippen molar-refractivity contribution in [1.29, 1.82) is 0 Å². The van der Waals surface area contributed by atoms with Crippen LogP contribution in [0.25, 0.3) is 11.0 Å². The van der Waals surface area contributed by atoms with E-state index >= 15 is 0 Å². The van der Waals surface area contributed by atoms with Crippen LogP contribution < -0.4 is 4.74 Å². The quantitative estimate of drug-likeness (QED) is 0.777. The van der Waals surface area contributed by atoms with Gasteiger partial charge in [0.25, 0.3) is 0 Å². The van der Waals surface area contributed by atoms with Crippen LogP contribution in [0.4, 0.5) is 0 Å². The first-order chi connectivity index (χ1) is 10.1. The molecule has 3 aromatic rings. The van der Waals surface area contributed by atoms with Gasteiger partial charge < -0.3 is 14.3 Å². The van der Waals surface area contributed by atoms with E-state index in [4.69, 9.17) is 25.9 Å². The SMILES string of the molecule is O=C(O)c1ccc2c(COc3cccc(Cl)c3)coc2c1. The van der Waals surface area contributed by atoms with Crippen molar-refractivity contribution in [3.8, 4) is 5.75 Å². The van der Waals surface area contributed by atoms with Crippen molar-refractivity contribution in [1.82, 2.24) is 0 Å². The number of ether oxygens (including phenoxy) is 1. The molecule has 2 aromatic carbocycles. The van der Waals surface area contributed by atoms with Gasteiger partial charge in [0.15, 0.2) is 0 Å². The maximum Gasteiger partial charge on any atom is 0.335 e. The Kier molecular flexibility index (Phi) is 3.54. The summed E-state index contributed by atoms with van der Waals surface area (Å²) < 4.78 is 11.0. The van der Waals surface area contributed by atoms with Crippen LogP contribution in [0.3, 0.4) is 0 Å². The first-order valence-corrected chi connectivity index (χ1v) is 6.63. The zero-order valence-electron chi connectivity index (χ0n) is 10.9. The molecular weight excluding hydrogens is 292 g/mol. The Bertz CT molecular complexity index is 807. The number of halogens is 1. The zero-order chi connectivity index (χ0) is 14.8. The average Bonchev–Trinajstić information content (AvgIpc) is 2.87. The Morgan fingerprint density at radius 1 is 1.24 bits per heavy atom. The summed E-state index contributed by atoms with van der Waals surface area (Å²) in [5.74, 6) is -0.316. The molecule has 0 amide bonds. The number of hydrogen-bond donors (Lipinski definition) is 1. The van der Waals surface area contributed by atoms with Gasteiger partial charge in [-0.2, -0.15) is 0 Å². The van der Waals surface area contributed by atoms with E-state index in [1.807, 2.05) is 12.1 Å². The van der Waals surface area contributed by atoms with Crippen LogP contribution in [-0.4, -0.2) is 11.1 Å². The fraction of sp³-hybridized carbons (Fsp3) is 0.0625. The van der Waals surface area contributed by atoms with Crippen molar-refractivity contribution in [2.45, 2.75) is 6.61 Å². The highest BCUT2D eigenvalue weighted by atomic mass is 35.5. The van der Waals surface area contributed by atoms with Crippen LogP contribution in [0.1, 0.15) is 15.9 Å². The lowest BCUT2D eigenvalue weighted by atomic mass is 10.1. The van der Waals surface area contributed by atoms with Gasteiger partial charge in [0.05, 0.1) is 11.8 Å². The molecular formula is C16H11ClO4. The van der Waals surface area contributed by atoms with Crippen LogP contribution in [0.5, 0.6) is 5.75 Å². The summed E-state index contributed by atoms with van der Waals surface area (Å²) in [5, 5.41) is 10.4. The third-order valence-electron chi connectivity index (χ3n) is 3.09. The maximum atomic E-state index is 10.9. The van der Waals surface area contributed by atoms with E-state index in [-0.39, 0.29) is 5.56 Å². The van der Waals surface area contributed by atoms with Gasteiger partial charge in [-0.3, -0.25) is 0 Å². The Hall–Kier alpha value is -2.46. The molecule has 4 nitrogen and oxygen atoms in total. The Balaban J connectivity index is 1.83. The normalized spacial score (nSPS) is 10.7. The predicted molar refractivity (Wildman–Crippen MR) is 79.0 cm³/mol. The van der Waals surface area contributed by atoms with E-state index in [0.717, 1.165) is 10.9 Å². The number of hydrogen-bond acceptors (Lipinski definition) is 3. The second-order valence-electron chi connectivity index (χ2n) is 4.52. The predicted octanol–water partition coefficient (Wildman–Crippen LogP) is 4.36. The van der Waals surface area contributed by atoms with Crippen LogP contribution >= 0.6 is 11.6 Å². The van der Waals surface area contributed by atoms with E-state index in [1.165, 1.54) is 6.07 Å². The number of aromatic carboxylic acids is 1. The van der Waals surface area contributed by atoms with Crippen molar-refractivity contribution in [3.05, 3.63) is 64.9 Å². The fourth-order valence-electron chi connectivity index (χ4n) is 2.05. The van der Waals surface area contributed by atoms with Crippen molar-refractivity contribution in [2.24, 2.45) is 0 Å². The molecule has 0 aliphatic rings. The van der Waals surface area contributed by atoms with Crippen molar-refractivity contribution in [2.75, 3.05) is 0 Å². The molecule has 5 heteroatoms. The minimum atomic E-state index is -0.981. The molecule has 3 rings (SSSR count). The molecule has 0 saturated heterocycles. The smallest absolute Gasteiger partial charge is 0.335 e. The van der Waals surface area contributed by atoms with Gasteiger partial charge in [0.1, 0.15) is 17.9 Å². The number of carbonyl (C=O) groups is 1. The molecule has 0 bridgehead atoms. The first-order valence-electron chi connectivity index (χ1n) is 6.25. The summed E-state index contributed by atoms with van der Waals surface area (Å²) in [6.07, 6.45) is 1.57. The summed E-state index contributed by atoms with van der Waals surface area (Å²) in [4.78, 5) is 10.9. The Morgan fingerprint density at radius 2 is 2.10 bits per heavy atom. The average molecular weight is 303 g/mol. The third kappa shape index (κ3) is 2.85. The molecule has 21 heavy (non-hydrogen) atoms. The van der Waals surface area contributed by atoms with E-state index in [9.17, 15) is 4.79 Å². The van der Waals surface area contributed by atoms with Gasteiger partial charge in [-0.15, -0.1) is 0 Å². The largest absolute Gasteiger partial charge is 0.489 e. The first kappa shape index (κ1) is 13.5. The molecule has 0 atom stereocenters. The molecule has 0 spiro atoms. The number of carboxylic acid groups (broad SMARTS) is 1. The van der Waals surface area contributed by atoms with Crippen LogP contribution in [0.15, 0.2) is 53.1 Å². The summed E-state index contributed by atoms with van der Waals surface area (Å²) in [5.41, 5.74) is 1.57. The van der Waals surface area contributed by atoms with Crippen molar-refractivity contribution >= 4 is 28.5 Å². The zero-order valence-corrected chi connectivity index (χ0v) is 11.6. The summed E-state index contributed by atoms with van der Waals surface area (Å²) in [6.45, 7) is 0.319. The van der Waals surface area contributed by atoms with Gasteiger partial charge in [0, 0.05) is 16.0 Å². The molecule has 0 aliphatic carbocycles. The van der Waals surface area contributed by atoms with Gasteiger partial charge in [0.2, 0.25) is 0 Å². The summed E-state index contributed by atoms with van der Waals surface area (Å²) in [6, 6.07) is 11.9. The molecule has 0 saturated carbocycles. The highest BCUT2D eigenvalue weighted by Crippen LogP contribution is 2.25. The highest BCUT2D eigenvalue weighted by Gasteiger charge is 2.10. The molecule has 106 valence electrons. The molecule has 1 N–H and O–H groups in total. The van der Waals surface area contributed by atoms with Crippen molar-refractivity contribution in [3.63, 3.8) is 0 Å². The highest BCUT2D eigenvalue weighted by molar-refractivity contribution is 6.30. The van der Waals surface area contributed by atoms with Crippen LogP contribution in [-0.2, 0) is 6.61 Å². The molecule has 0 unspecified atom stereocenters. The summed E-state index contributed by atoms with van der Waals surface area (Å²) >= 11 is 5.89. The number of fused-ring (bicyclic) bond motifs is 1. The number of furan rings is 1. The molecule has 0 fully saturated rings. The van der Waals surface area contributed by atoms with Crippen LogP contribution in [0.2, 0.25) is 5.02 Å². The molecule has 0 radical (unpaired) electrons. The maximum absolute atomic E-state index is 10.9. The minimum absolute atomic E-state index is 0.194. The minimum Gasteiger partial charge on any atom is -0.489 e. The number of carboxylic acids is 1. The Labute approximate surface area is 125 Å². The fourth-order valence-corrected chi connectivity index (χ4v) is 2.23. The van der Waals surface area contributed by atoms with E-state index < -0.39 is 5.97 Å². The Morgan fingerprint density at radius 3 is 2.86 bits per heavy atom. The van der Waals surface area contributed by atoms with Gasteiger partial charge >= 0.3 is 5.97 Å². The topological polar surface area (TPSA) is 59.7 Å². The molecule has 1 heterocycles. The standard InChI is InChI=1S/C16H11ClO4/c17-12-2-1-3-13(7-12)20-8-11-9-21-15-6-10(16(18)19)4-5-14(11)15/h1-7,9H,8H2,(H,18,19). The second-order valence-corrected chi connectivity index (χ2v) is 4.96. The van der Waals surface area contributed by atoms with Gasteiger partial charge in [-0.05, 0) is 36.4 Å². The summed E-state index contributed by atoms with van der Waals surface area (Å²) in [7, 11) is 0. The third-order valence-corrected chi connectivity index (χ3v) is 3.33. The number of rotatable bonds is 4. The molecule has 1 aromatic heterocycles. The lowest BCUT2D eigenvalue weighted by molar-refractivity contribution is 0.0697.